The molecule has 0 unspecified atom stereocenters. The molecule has 2 N–H and O–H groups in total. The van der Waals surface area contributed by atoms with Crippen molar-refractivity contribution in [2.45, 2.75) is 0 Å². The van der Waals surface area contributed by atoms with Crippen molar-refractivity contribution < 1.29 is 10.0 Å². The maximum absolute atomic E-state index is 10.9. The summed E-state index contributed by atoms with van der Waals surface area (Å²) in [6, 6.07) is 7.30. The van der Waals surface area contributed by atoms with E-state index in [1.165, 1.54) is 0 Å². The van der Waals surface area contributed by atoms with Crippen LogP contribution in [0.15, 0.2) is 29.4 Å². The van der Waals surface area contributed by atoms with Crippen LogP contribution in [0.3, 0.4) is 0 Å². The molecule has 68 valence electrons. The summed E-state index contributed by atoms with van der Waals surface area (Å²) in [6.07, 6.45) is 0.805. The van der Waals surface area contributed by atoms with E-state index in [-0.39, 0.29) is 0 Å². The van der Waals surface area contributed by atoms with Gasteiger partial charge < -0.3 is 10.5 Å². The van der Waals surface area contributed by atoms with Gasteiger partial charge in [0, 0.05) is 9.26 Å². The Kier molecular flexibility index (Phi) is 3.69. The van der Waals surface area contributed by atoms with Crippen LogP contribution in [-0.4, -0.2) is 17.3 Å². The number of carbonyl (C=O) groups excluding carboxylic acids is 1. The minimum atomic E-state index is -0.454. The van der Waals surface area contributed by atoms with E-state index in [4.69, 9.17) is 5.21 Å². The highest BCUT2D eigenvalue weighted by Crippen LogP contribution is 2.11. The zero-order valence-corrected chi connectivity index (χ0v) is 8.72. The molecule has 0 saturated heterocycles. The normalized spacial score (nSPS) is 10.2. The van der Waals surface area contributed by atoms with E-state index < -0.39 is 5.91 Å². The van der Waals surface area contributed by atoms with E-state index >= 15 is 0 Å². The van der Waals surface area contributed by atoms with Crippen LogP contribution >= 0.6 is 22.6 Å². The second-order valence-electron chi connectivity index (χ2n) is 2.24. The van der Waals surface area contributed by atoms with Crippen LogP contribution in [0, 0.1) is 3.57 Å². The Bertz CT molecular complexity index is 339. The summed E-state index contributed by atoms with van der Waals surface area (Å²) in [7, 11) is 0. The molecular formula is C8H7IN2O2. The summed E-state index contributed by atoms with van der Waals surface area (Å²) in [5.74, 6) is -0.454. The van der Waals surface area contributed by atoms with Crippen LogP contribution in [0.5, 0.6) is 0 Å². The van der Waals surface area contributed by atoms with E-state index in [0.29, 0.717) is 5.69 Å². The Labute approximate surface area is 88.8 Å². The molecule has 1 amide bonds. The summed E-state index contributed by atoms with van der Waals surface area (Å²) in [6.45, 7) is 0. The van der Waals surface area contributed by atoms with Gasteiger partial charge in [-0.3, -0.25) is 4.79 Å². The minimum Gasteiger partial charge on any atom is -0.411 e. The van der Waals surface area contributed by atoms with Gasteiger partial charge in [0.1, 0.15) is 6.21 Å². The molecule has 0 aliphatic carbocycles. The molecule has 0 radical (unpaired) electrons. The highest BCUT2D eigenvalue weighted by Gasteiger charge is 1.97. The molecule has 0 fully saturated rings. The molecule has 1 aromatic carbocycles. The number of anilines is 1. The van der Waals surface area contributed by atoms with Crippen LogP contribution < -0.4 is 5.32 Å². The number of carbonyl (C=O) groups is 1. The fourth-order valence-corrected chi connectivity index (χ4v) is 1.34. The first-order valence-electron chi connectivity index (χ1n) is 3.46. The van der Waals surface area contributed by atoms with Crippen molar-refractivity contribution in [1.29, 1.82) is 0 Å². The van der Waals surface area contributed by atoms with E-state index in [0.717, 1.165) is 9.78 Å². The number of hydrogen-bond donors (Lipinski definition) is 2. The summed E-state index contributed by atoms with van der Waals surface area (Å²) >= 11 is 2.14. The molecule has 13 heavy (non-hydrogen) atoms. The monoisotopic (exact) mass is 290 g/mol. The van der Waals surface area contributed by atoms with Gasteiger partial charge in [-0.25, -0.2) is 0 Å². The fraction of sp³-hybridized carbons (Fsp3) is 0. The molecule has 5 heteroatoms. The van der Waals surface area contributed by atoms with Crippen molar-refractivity contribution in [1.82, 2.24) is 0 Å². The van der Waals surface area contributed by atoms with Crippen molar-refractivity contribution in [3.63, 3.8) is 0 Å². The van der Waals surface area contributed by atoms with E-state index in [1.54, 1.807) is 6.07 Å². The molecule has 4 nitrogen and oxygen atoms in total. The molecule has 0 spiro atoms. The van der Waals surface area contributed by atoms with E-state index in [1.807, 2.05) is 18.2 Å². The minimum absolute atomic E-state index is 0.454. The Morgan fingerprint density at radius 3 is 3.00 bits per heavy atom. The molecule has 1 aromatic rings. The van der Waals surface area contributed by atoms with Crippen LogP contribution in [-0.2, 0) is 4.79 Å². The van der Waals surface area contributed by atoms with E-state index in [2.05, 4.69) is 33.1 Å². The lowest BCUT2D eigenvalue weighted by atomic mass is 10.3. The van der Waals surface area contributed by atoms with Gasteiger partial charge in [-0.15, -0.1) is 0 Å². The number of hydrogen-bond acceptors (Lipinski definition) is 3. The number of nitrogens with zero attached hydrogens (tertiary/aromatic N) is 1. The number of nitrogens with one attached hydrogen (secondary N) is 1. The molecule has 0 bridgehead atoms. The first-order valence-corrected chi connectivity index (χ1v) is 4.54. The second-order valence-corrected chi connectivity index (χ2v) is 3.49. The summed E-state index contributed by atoms with van der Waals surface area (Å²) in [5.41, 5.74) is 0.678. The van der Waals surface area contributed by atoms with Crippen LogP contribution in [0.4, 0.5) is 5.69 Å². The lowest BCUT2D eigenvalue weighted by molar-refractivity contribution is -0.110. The van der Waals surface area contributed by atoms with Crippen LogP contribution in [0.1, 0.15) is 0 Å². The zero-order chi connectivity index (χ0) is 9.68. The third-order valence-electron chi connectivity index (χ3n) is 1.27. The Morgan fingerprint density at radius 2 is 2.38 bits per heavy atom. The van der Waals surface area contributed by atoms with Gasteiger partial charge >= 0.3 is 0 Å². The molecule has 0 saturated carbocycles. The largest absolute Gasteiger partial charge is 0.411 e. The third kappa shape index (κ3) is 3.41. The van der Waals surface area contributed by atoms with Gasteiger partial charge in [-0.1, -0.05) is 11.2 Å². The maximum atomic E-state index is 10.9. The molecule has 0 atom stereocenters. The van der Waals surface area contributed by atoms with Gasteiger partial charge in [-0.2, -0.15) is 0 Å². The molecule has 0 aliphatic heterocycles. The predicted octanol–water partition coefficient (Wildman–Crippen LogP) is 1.69. The first-order chi connectivity index (χ1) is 6.22. The molecule has 0 heterocycles. The van der Waals surface area contributed by atoms with Gasteiger partial charge in [0.25, 0.3) is 5.91 Å². The molecule has 0 aromatic heterocycles. The standard InChI is InChI=1S/C8H7IN2O2/c9-6-2-1-3-7(4-6)11-8(12)5-10-13/h1-5,13H,(H,11,12). The summed E-state index contributed by atoms with van der Waals surface area (Å²) < 4.78 is 1.02. The van der Waals surface area contributed by atoms with Crippen molar-refractivity contribution in [3.05, 3.63) is 27.8 Å². The smallest absolute Gasteiger partial charge is 0.270 e. The van der Waals surface area contributed by atoms with Crippen molar-refractivity contribution in [2.75, 3.05) is 5.32 Å². The molecular weight excluding hydrogens is 283 g/mol. The van der Waals surface area contributed by atoms with Crippen LogP contribution in [0.25, 0.3) is 0 Å². The van der Waals surface area contributed by atoms with Gasteiger partial charge in [0.05, 0.1) is 0 Å². The number of amides is 1. The molecule has 1 rings (SSSR count). The SMILES string of the molecule is O=C(C=NO)Nc1cccc(I)c1. The maximum Gasteiger partial charge on any atom is 0.270 e. The second kappa shape index (κ2) is 4.80. The number of rotatable bonds is 2. The Balaban J connectivity index is 2.69. The lowest BCUT2D eigenvalue weighted by Gasteiger charge is -2.00. The predicted molar refractivity (Wildman–Crippen MR) is 58.1 cm³/mol. The van der Waals surface area contributed by atoms with Crippen molar-refractivity contribution in [2.24, 2.45) is 5.16 Å². The number of halogens is 1. The highest BCUT2D eigenvalue weighted by molar-refractivity contribution is 14.1. The third-order valence-corrected chi connectivity index (χ3v) is 1.94. The Hall–Kier alpha value is -1.11. The highest BCUT2D eigenvalue weighted by atomic mass is 127. The average Bonchev–Trinajstić information content (AvgIpc) is 2.04. The quantitative estimate of drug-likeness (QED) is 0.377. The van der Waals surface area contributed by atoms with E-state index in [9.17, 15) is 4.79 Å². The van der Waals surface area contributed by atoms with Gasteiger partial charge in [0.15, 0.2) is 0 Å². The van der Waals surface area contributed by atoms with Gasteiger partial charge in [-0.05, 0) is 40.8 Å². The summed E-state index contributed by atoms with van der Waals surface area (Å²) in [5, 5.41) is 13.2. The fourth-order valence-electron chi connectivity index (χ4n) is 0.793. The topological polar surface area (TPSA) is 61.7 Å². The number of oxime groups is 1. The number of benzene rings is 1. The molecule has 0 aliphatic rings. The first kappa shape index (κ1) is 9.97. The van der Waals surface area contributed by atoms with Crippen LogP contribution in [0.2, 0.25) is 0 Å². The summed E-state index contributed by atoms with van der Waals surface area (Å²) in [4.78, 5) is 10.9. The average molecular weight is 290 g/mol. The van der Waals surface area contributed by atoms with Crippen molar-refractivity contribution >= 4 is 40.4 Å². The Morgan fingerprint density at radius 1 is 1.62 bits per heavy atom. The zero-order valence-electron chi connectivity index (χ0n) is 6.57. The lowest BCUT2D eigenvalue weighted by Crippen LogP contribution is -2.12. The van der Waals surface area contributed by atoms with Gasteiger partial charge in [0.2, 0.25) is 0 Å². The van der Waals surface area contributed by atoms with Crippen molar-refractivity contribution in [3.8, 4) is 0 Å².